The molecule has 0 bridgehead atoms. The first-order valence-corrected chi connectivity index (χ1v) is 11.1. The Hall–Kier alpha value is -2.62. The van der Waals surface area contributed by atoms with Gasteiger partial charge in [-0.15, -0.1) is 11.3 Å². The Morgan fingerprint density at radius 2 is 1.90 bits per heavy atom. The van der Waals surface area contributed by atoms with Gasteiger partial charge in [0.2, 0.25) is 5.91 Å². The summed E-state index contributed by atoms with van der Waals surface area (Å²) in [7, 11) is 0. The van der Waals surface area contributed by atoms with Crippen LogP contribution in [0.15, 0.2) is 65.3 Å². The van der Waals surface area contributed by atoms with Crippen LogP contribution in [0.5, 0.6) is 0 Å². The van der Waals surface area contributed by atoms with Crippen LogP contribution in [-0.2, 0) is 11.0 Å². The summed E-state index contributed by atoms with van der Waals surface area (Å²) in [5.41, 5.74) is 0.995. The fraction of sp³-hybridized carbons (Fsp3) is 0.0952. The maximum absolute atomic E-state index is 12.9. The first kappa shape index (κ1) is 21.6. The number of thiophene rings is 1. The van der Waals surface area contributed by atoms with Gasteiger partial charge in [0.1, 0.15) is 16.2 Å². The number of carbonyl (C=O) groups is 1. The van der Waals surface area contributed by atoms with E-state index in [1.54, 1.807) is 0 Å². The summed E-state index contributed by atoms with van der Waals surface area (Å²) in [6.45, 7) is 0. The normalized spacial score (nSPS) is 11.6. The third-order valence-electron chi connectivity index (χ3n) is 4.33. The third kappa shape index (κ3) is 4.84. The largest absolute Gasteiger partial charge is 0.416 e. The second-order valence-electron chi connectivity index (χ2n) is 6.40. The summed E-state index contributed by atoms with van der Waals surface area (Å²) in [5.74, 6) is -0.544. The lowest BCUT2D eigenvalue weighted by molar-refractivity contribution is -0.137. The minimum Gasteiger partial charge on any atom is -0.324 e. The zero-order valence-electron chi connectivity index (χ0n) is 15.6. The maximum atomic E-state index is 12.9. The molecular weight excluding hydrogens is 467 g/mol. The molecule has 0 aliphatic carbocycles. The lowest BCUT2D eigenvalue weighted by Crippen LogP contribution is -2.15. The predicted octanol–water partition coefficient (Wildman–Crippen LogP) is 6.76. The van der Waals surface area contributed by atoms with E-state index in [9.17, 15) is 18.0 Å². The molecule has 0 atom stereocenters. The van der Waals surface area contributed by atoms with Gasteiger partial charge in [0.15, 0.2) is 0 Å². The Kier molecular flexibility index (Phi) is 6.17. The van der Waals surface area contributed by atoms with E-state index in [0.717, 1.165) is 39.5 Å². The number of halogens is 4. The summed E-state index contributed by atoms with van der Waals surface area (Å²) in [5, 5.41) is 5.93. The first-order valence-electron chi connectivity index (χ1n) is 8.90. The number of amides is 1. The van der Waals surface area contributed by atoms with E-state index in [1.165, 1.54) is 29.4 Å². The fourth-order valence-electron chi connectivity index (χ4n) is 2.90. The molecule has 0 fully saturated rings. The van der Waals surface area contributed by atoms with Gasteiger partial charge < -0.3 is 5.32 Å². The number of nitrogens with one attached hydrogen (secondary N) is 1. The van der Waals surface area contributed by atoms with Crippen LogP contribution in [0.1, 0.15) is 5.56 Å². The van der Waals surface area contributed by atoms with Crippen LogP contribution in [0, 0.1) is 0 Å². The van der Waals surface area contributed by atoms with Crippen LogP contribution in [0.3, 0.4) is 0 Å². The number of thioether (sulfide) groups is 1. The van der Waals surface area contributed by atoms with Crippen LogP contribution in [0.2, 0.25) is 5.02 Å². The highest BCUT2D eigenvalue weighted by molar-refractivity contribution is 8.00. The Bertz CT molecular complexity index is 1250. The number of nitrogens with zero attached hydrogens (tertiary/aromatic N) is 2. The van der Waals surface area contributed by atoms with E-state index >= 15 is 0 Å². The van der Waals surface area contributed by atoms with Crippen molar-refractivity contribution < 1.29 is 18.0 Å². The lowest BCUT2D eigenvalue weighted by Gasteiger charge is -2.11. The summed E-state index contributed by atoms with van der Waals surface area (Å²) >= 11 is 8.61. The van der Waals surface area contributed by atoms with Crippen molar-refractivity contribution in [3.63, 3.8) is 0 Å². The second-order valence-corrected chi connectivity index (χ2v) is 8.63. The predicted molar refractivity (Wildman–Crippen MR) is 119 cm³/mol. The Labute approximate surface area is 188 Å². The molecule has 2 aromatic carbocycles. The number of hydrogen-bond donors (Lipinski definition) is 1. The molecule has 10 heteroatoms. The number of alkyl halides is 3. The molecule has 2 heterocycles. The maximum Gasteiger partial charge on any atom is 0.416 e. The van der Waals surface area contributed by atoms with Crippen molar-refractivity contribution in [2.24, 2.45) is 0 Å². The van der Waals surface area contributed by atoms with E-state index < -0.39 is 17.6 Å². The van der Waals surface area contributed by atoms with Crippen molar-refractivity contribution in [1.29, 1.82) is 0 Å². The summed E-state index contributed by atoms with van der Waals surface area (Å²) < 4.78 is 38.8. The molecule has 0 saturated carbocycles. The molecule has 0 unspecified atom stereocenters. The van der Waals surface area contributed by atoms with Crippen molar-refractivity contribution in [1.82, 2.24) is 9.97 Å². The molecule has 1 N–H and O–H groups in total. The van der Waals surface area contributed by atoms with Gasteiger partial charge in [-0.3, -0.25) is 4.79 Å². The SMILES string of the molecule is O=C(CSc1ncnc2scc(-c3ccccc3)c12)Nc1cc(C(F)(F)F)ccc1Cl. The molecule has 0 radical (unpaired) electrons. The lowest BCUT2D eigenvalue weighted by atomic mass is 10.1. The molecule has 4 nitrogen and oxygen atoms in total. The van der Waals surface area contributed by atoms with E-state index in [0.29, 0.717) is 5.03 Å². The molecule has 1 amide bonds. The van der Waals surface area contributed by atoms with Crippen molar-refractivity contribution in [2.45, 2.75) is 11.2 Å². The van der Waals surface area contributed by atoms with Crippen molar-refractivity contribution in [3.05, 3.63) is 70.8 Å². The number of benzene rings is 2. The Morgan fingerprint density at radius 1 is 1.13 bits per heavy atom. The molecule has 4 rings (SSSR count). The monoisotopic (exact) mass is 479 g/mol. The van der Waals surface area contributed by atoms with Gasteiger partial charge in [0, 0.05) is 10.9 Å². The van der Waals surface area contributed by atoms with Gasteiger partial charge in [0.05, 0.1) is 27.4 Å². The van der Waals surface area contributed by atoms with Crippen LogP contribution in [0.4, 0.5) is 18.9 Å². The van der Waals surface area contributed by atoms with Crippen LogP contribution in [0.25, 0.3) is 21.3 Å². The van der Waals surface area contributed by atoms with Gasteiger partial charge in [-0.2, -0.15) is 13.2 Å². The standard InChI is InChI=1S/C21H13ClF3N3OS2/c22-15-7-6-13(21(23,24)25)8-16(15)28-17(29)10-31-20-18-14(12-4-2-1-3-5-12)9-30-19(18)26-11-27-20/h1-9,11H,10H2,(H,28,29). The van der Waals surface area contributed by atoms with E-state index in [4.69, 9.17) is 11.6 Å². The molecular formula is C21H13ClF3N3OS2. The quantitative estimate of drug-likeness (QED) is 0.254. The molecule has 4 aromatic rings. The number of carbonyl (C=O) groups excluding carboxylic acids is 1. The topological polar surface area (TPSA) is 54.9 Å². The zero-order valence-corrected chi connectivity index (χ0v) is 18.0. The van der Waals surface area contributed by atoms with Crippen LogP contribution >= 0.6 is 34.7 Å². The highest BCUT2D eigenvalue weighted by atomic mass is 35.5. The van der Waals surface area contributed by atoms with Gasteiger partial charge in [0.25, 0.3) is 0 Å². The molecule has 0 aliphatic rings. The Morgan fingerprint density at radius 3 is 2.65 bits per heavy atom. The van der Waals surface area contributed by atoms with Crippen LogP contribution in [-0.4, -0.2) is 21.6 Å². The molecule has 0 aliphatic heterocycles. The van der Waals surface area contributed by atoms with E-state index in [-0.39, 0.29) is 16.5 Å². The van der Waals surface area contributed by atoms with Crippen molar-refractivity contribution in [3.8, 4) is 11.1 Å². The van der Waals surface area contributed by atoms with Crippen molar-refractivity contribution in [2.75, 3.05) is 11.1 Å². The summed E-state index contributed by atoms with van der Waals surface area (Å²) in [6.07, 6.45) is -3.10. The van der Waals surface area contributed by atoms with E-state index in [2.05, 4.69) is 15.3 Å². The molecule has 0 spiro atoms. The molecule has 158 valence electrons. The average molecular weight is 480 g/mol. The third-order valence-corrected chi connectivity index (χ3v) is 6.53. The number of rotatable bonds is 5. The summed E-state index contributed by atoms with van der Waals surface area (Å²) in [4.78, 5) is 21.8. The highest BCUT2D eigenvalue weighted by Gasteiger charge is 2.31. The van der Waals surface area contributed by atoms with Crippen molar-refractivity contribution >= 4 is 56.5 Å². The number of fused-ring (bicyclic) bond motifs is 1. The molecule has 2 aromatic heterocycles. The van der Waals surface area contributed by atoms with Gasteiger partial charge in [-0.1, -0.05) is 53.7 Å². The number of aromatic nitrogens is 2. The van der Waals surface area contributed by atoms with E-state index in [1.807, 2.05) is 35.7 Å². The molecule has 0 saturated heterocycles. The fourth-order valence-corrected chi connectivity index (χ4v) is 4.86. The smallest absolute Gasteiger partial charge is 0.324 e. The van der Waals surface area contributed by atoms with Crippen LogP contribution < -0.4 is 5.32 Å². The first-order chi connectivity index (χ1) is 14.8. The Balaban J connectivity index is 1.54. The zero-order chi connectivity index (χ0) is 22.0. The minimum absolute atomic E-state index is 0.0278. The minimum atomic E-state index is -4.53. The second kappa shape index (κ2) is 8.86. The average Bonchev–Trinajstić information content (AvgIpc) is 3.18. The summed E-state index contributed by atoms with van der Waals surface area (Å²) in [6, 6.07) is 12.5. The van der Waals surface area contributed by atoms with Gasteiger partial charge in [-0.05, 0) is 23.8 Å². The van der Waals surface area contributed by atoms with Gasteiger partial charge >= 0.3 is 6.18 Å². The number of anilines is 1. The highest BCUT2D eigenvalue weighted by Crippen LogP contribution is 2.38. The number of hydrogen-bond acceptors (Lipinski definition) is 5. The molecule has 31 heavy (non-hydrogen) atoms. The van der Waals surface area contributed by atoms with Gasteiger partial charge in [-0.25, -0.2) is 9.97 Å².